The molecular formula is C23H25N5. The maximum Gasteiger partial charge on any atom is 0.140 e. The summed E-state index contributed by atoms with van der Waals surface area (Å²) in [6.45, 7) is 7.71. The zero-order valence-electron chi connectivity index (χ0n) is 16.1. The number of fused-ring (bicyclic) bond motifs is 1. The fourth-order valence-corrected chi connectivity index (χ4v) is 3.98. The van der Waals surface area contributed by atoms with Gasteiger partial charge >= 0.3 is 0 Å². The van der Waals surface area contributed by atoms with Gasteiger partial charge in [-0.2, -0.15) is 0 Å². The fraction of sp³-hybridized carbons (Fsp3) is 0.217. The molecule has 5 heteroatoms. The summed E-state index contributed by atoms with van der Waals surface area (Å²) in [5.74, 6) is 0.831. The normalized spacial score (nSPS) is 17.7. The zero-order valence-corrected chi connectivity index (χ0v) is 16.1. The van der Waals surface area contributed by atoms with Gasteiger partial charge < -0.3 is 15.6 Å². The molecule has 5 nitrogen and oxygen atoms in total. The van der Waals surface area contributed by atoms with Gasteiger partial charge in [-0.1, -0.05) is 43.0 Å². The molecule has 4 rings (SSSR count). The predicted molar refractivity (Wildman–Crippen MR) is 117 cm³/mol. The smallest absolute Gasteiger partial charge is 0.140 e. The molecule has 3 aromatic rings. The molecule has 3 N–H and O–H groups in total. The zero-order chi connectivity index (χ0) is 19.5. The highest BCUT2D eigenvalue weighted by molar-refractivity contribution is 6.18. The van der Waals surface area contributed by atoms with Gasteiger partial charge in [0, 0.05) is 37.0 Å². The summed E-state index contributed by atoms with van der Waals surface area (Å²) in [7, 11) is 0. The van der Waals surface area contributed by atoms with Crippen molar-refractivity contribution in [3.05, 3.63) is 84.5 Å². The van der Waals surface area contributed by atoms with Crippen LogP contribution in [0.3, 0.4) is 0 Å². The Morgan fingerprint density at radius 2 is 2.14 bits per heavy atom. The minimum Gasteiger partial charge on any atom is -0.384 e. The summed E-state index contributed by atoms with van der Waals surface area (Å²) in [6, 6.07) is 12.8. The number of aromatic amines is 1. The van der Waals surface area contributed by atoms with Gasteiger partial charge in [-0.15, -0.1) is 0 Å². The molecule has 1 aliphatic heterocycles. The molecule has 1 atom stereocenters. The Labute approximate surface area is 165 Å². The molecule has 1 unspecified atom stereocenters. The van der Waals surface area contributed by atoms with Gasteiger partial charge in [-0.3, -0.25) is 0 Å². The van der Waals surface area contributed by atoms with Crippen molar-refractivity contribution in [3.63, 3.8) is 0 Å². The van der Waals surface area contributed by atoms with Gasteiger partial charge in [-0.05, 0) is 31.1 Å². The largest absolute Gasteiger partial charge is 0.384 e. The highest BCUT2D eigenvalue weighted by Gasteiger charge is 2.26. The first-order valence-corrected chi connectivity index (χ1v) is 9.59. The molecule has 3 heterocycles. The third-order valence-corrected chi connectivity index (χ3v) is 5.22. The van der Waals surface area contributed by atoms with E-state index in [0.717, 1.165) is 41.8 Å². The number of rotatable bonds is 5. The van der Waals surface area contributed by atoms with Crippen LogP contribution in [-0.4, -0.2) is 28.8 Å². The summed E-state index contributed by atoms with van der Waals surface area (Å²) in [5.41, 5.74) is 11.0. The van der Waals surface area contributed by atoms with Crippen LogP contribution in [0.5, 0.6) is 0 Å². The SMILES string of the molecule is C=C(N)/N=C(\C=C/C)c1c[nH]c2nccc(N3CCC(c4ccccc4)C3)c12. The molecule has 0 radical (unpaired) electrons. The third kappa shape index (κ3) is 3.43. The molecule has 1 fully saturated rings. The summed E-state index contributed by atoms with van der Waals surface area (Å²) < 4.78 is 0. The average Bonchev–Trinajstić information content (AvgIpc) is 3.35. The Morgan fingerprint density at radius 3 is 2.89 bits per heavy atom. The van der Waals surface area contributed by atoms with Crippen LogP contribution < -0.4 is 10.6 Å². The van der Waals surface area contributed by atoms with E-state index < -0.39 is 0 Å². The maximum absolute atomic E-state index is 5.76. The van der Waals surface area contributed by atoms with Crippen LogP contribution in [0.25, 0.3) is 11.0 Å². The molecule has 2 aromatic heterocycles. The number of allylic oxidation sites excluding steroid dienone is 2. The summed E-state index contributed by atoms with van der Waals surface area (Å²) in [4.78, 5) is 14.7. The third-order valence-electron chi connectivity index (χ3n) is 5.22. The van der Waals surface area contributed by atoms with E-state index in [9.17, 15) is 0 Å². The van der Waals surface area contributed by atoms with Crippen LogP contribution >= 0.6 is 0 Å². The first-order chi connectivity index (χ1) is 13.7. The number of benzene rings is 1. The van der Waals surface area contributed by atoms with Crippen molar-refractivity contribution < 1.29 is 0 Å². The molecule has 0 amide bonds. The topological polar surface area (TPSA) is 70.3 Å². The van der Waals surface area contributed by atoms with Gasteiger partial charge in [-0.25, -0.2) is 9.98 Å². The highest BCUT2D eigenvalue weighted by Crippen LogP contribution is 2.35. The first kappa shape index (κ1) is 18.0. The van der Waals surface area contributed by atoms with Crippen molar-refractivity contribution in [3.8, 4) is 0 Å². The molecular weight excluding hydrogens is 346 g/mol. The van der Waals surface area contributed by atoms with Gasteiger partial charge in [0.05, 0.1) is 16.8 Å². The van der Waals surface area contributed by atoms with Crippen molar-refractivity contribution in [2.45, 2.75) is 19.3 Å². The van der Waals surface area contributed by atoms with Crippen molar-refractivity contribution in [2.24, 2.45) is 10.7 Å². The second-order valence-corrected chi connectivity index (χ2v) is 7.09. The Morgan fingerprint density at radius 1 is 1.32 bits per heavy atom. The molecule has 0 spiro atoms. The quantitative estimate of drug-likeness (QED) is 0.655. The maximum atomic E-state index is 5.76. The average molecular weight is 371 g/mol. The van der Waals surface area contributed by atoms with Crippen molar-refractivity contribution in [1.82, 2.24) is 9.97 Å². The lowest BCUT2D eigenvalue weighted by molar-refractivity contribution is 0.775. The highest BCUT2D eigenvalue weighted by atomic mass is 15.2. The van der Waals surface area contributed by atoms with E-state index in [-0.39, 0.29) is 0 Å². The van der Waals surface area contributed by atoms with Crippen molar-refractivity contribution in [2.75, 3.05) is 18.0 Å². The lowest BCUT2D eigenvalue weighted by atomic mass is 9.99. The summed E-state index contributed by atoms with van der Waals surface area (Å²) >= 11 is 0. The van der Waals surface area contributed by atoms with Crippen LogP contribution in [0.1, 0.15) is 30.4 Å². The molecule has 0 bridgehead atoms. The molecule has 0 saturated carbocycles. The van der Waals surface area contributed by atoms with Crippen LogP contribution in [0.15, 0.2) is 78.3 Å². The number of H-pyrrole nitrogens is 1. The number of nitrogens with one attached hydrogen (secondary N) is 1. The van der Waals surface area contributed by atoms with E-state index >= 15 is 0 Å². The Hall–Kier alpha value is -3.34. The van der Waals surface area contributed by atoms with Gasteiger partial charge in [0.15, 0.2) is 0 Å². The predicted octanol–water partition coefficient (Wildman–Crippen LogP) is 4.35. The lowest BCUT2D eigenvalue weighted by Crippen LogP contribution is -2.20. The molecule has 0 aliphatic carbocycles. The second kappa shape index (κ2) is 7.72. The Balaban J connectivity index is 1.74. The summed E-state index contributed by atoms with van der Waals surface area (Å²) in [5, 5.41) is 1.08. The summed E-state index contributed by atoms with van der Waals surface area (Å²) in [6.07, 6.45) is 8.87. The number of aromatic nitrogens is 2. The molecule has 1 aliphatic rings. The van der Waals surface area contributed by atoms with E-state index in [1.54, 1.807) is 0 Å². The van der Waals surface area contributed by atoms with E-state index in [0.29, 0.717) is 11.7 Å². The van der Waals surface area contributed by atoms with Crippen molar-refractivity contribution in [1.29, 1.82) is 0 Å². The lowest BCUT2D eigenvalue weighted by Gasteiger charge is -2.20. The minimum atomic E-state index is 0.290. The van der Waals surface area contributed by atoms with Crippen LogP contribution in [-0.2, 0) is 0 Å². The van der Waals surface area contributed by atoms with E-state index in [1.807, 2.05) is 31.5 Å². The fourth-order valence-electron chi connectivity index (χ4n) is 3.98. The van der Waals surface area contributed by atoms with Crippen molar-refractivity contribution >= 4 is 22.4 Å². The van der Waals surface area contributed by atoms with Gasteiger partial charge in [0.2, 0.25) is 0 Å². The Bertz CT molecular complexity index is 1050. The number of aliphatic imine (C=N–C) groups is 1. The van der Waals surface area contributed by atoms with E-state index in [4.69, 9.17) is 5.73 Å². The van der Waals surface area contributed by atoms with Crippen LogP contribution in [0.2, 0.25) is 0 Å². The number of pyridine rings is 1. The molecule has 142 valence electrons. The first-order valence-electron chi connectivity index (χ1n) is 9.59. The number of nitrogens with zero attached hydrogens (tertiary/aromatic N) is 3. The van der Waals surface area contributed by atoms with Crippen LogP contribution in [0.4, 0.5) is 5.69 Å². The Kier molecular flexibility index (Phi) is 4.98. The number of hydrogen-bond acceptors (Lipinski definition) is 4. The standard InChI is InChI=1S/C23H25N5/c1-3-7-20(27-16(2)24)19-14-26-23-22(19)21(10-12-25-23)28-13-11-18(15-28)17-8-5-4-6-9-17/h3-10,12,14,18H,2,11,13,15,24H2,1H3,(H,25,26)/b7-3-,27-20+. The number of anilines is 1. The van der Waals surface area contributed by atoms with Gasteiger partial charge in [0.1, 0.15) is 11.5 Å². The second-order valence-electron chi connectivity index (χ2n) is 7.09. The number of hydrogen-bond donors (Lipinski definition) is 2. The van der Waals surface area contributed by atoms with E-state index in [2.05, 4.69) is 62.8 Å². The molecule has 1 saturated heterocycles. The number of nitrogens with two attached hydrogens (primary N) is 1. The monoisotopic (exact) mass is 371 g/mol. The minimum absolute atomic E-state index is 0.290. The molecule has 1 aromatic carbocycles. The van der Waals surface area contributed by atoms with Crippen LogP contribution in [0, 0.1) is 0 Å². The van der Waals surface area contributed by atoms with Gasteiger partial charge in [0.25, 0.3) is 0 Å². The van der Waals surface area contributed by atoms with E-state index in [1.165, 1.54) is 11.3 Å². The molecule has 28 heavy (non-hydrogen) atoms.